The van der Waals surface area contributed by atoms with Crippen molar-refractivity contribution in [3.63, 3.8) is 0 Å². The third-order valence-electron chi connectivity index (χ3n) is 4.67. The summed E-state index contributed by atoms with van der Waals surface area (Å²) in [6, 6.07) is 5.51. The highest BCUT2D eigenvalue weighted by molar-refractivity contribution is 6.35. The number of nitrogens with zero attached hydrogens (tertiary/aromatic N) is 1. The van der Waals surface area contributed by atoms with Gasteiger partial charge in [0.2, 0.25) is 0 Å². The van der Waals surface area contributed by atoms with Crippen molar-refractivity contribution in [1.29, 1.82) is 0 Å². The number of benzene rings is 1. The van der Waals surface area contributed by atoms with Crippen LogP contribution >= 0.6 is 0 Å². The normalized spacial score (nSPS) is 16.2. The van der Waals surface area contributed by atoms with Crippen LogP contribution in [0.25, 0.3) is 0 Å². The van der Waals surface area contributed by atoms with Gasteiger partial charge in [0.15, 0.2) is 11.5 Å². The van der Waals surface area contributed by atoms with Gasteiger partial charge in [-0.2, -0.15) is 0 Å². The predicted molar refractivity (Wildman–Crippen MR) is 102 cm³/mol. The van der Waals surface area contributed by atoms with Crippen molar-refractivity contribution < 1.29 is 28.6 Å². The molecule has 154 valence electrons. The summed E-state index contributed by atoms with van der Waals surface area (Å²) in [5.74, 6) is -0.704. The lowest BCUT2D eigenvalue weighted by molar-refractivity contribution is -0.154. The van der Waals surface area contributed by atoms with Crippen molar-refractivity contribution in [3.05, 3.63) is 23.8 Å². The van der Waals surface area contributed by atoms with E-state index in [0.29, 0.717) is 50.5 Å². The second-order valence-electron chi connectivity index (χ2n) is 6.54. The van der Waals surface area contributed by atoms with Gasteiger partial charge in [-0.1, -0.05) is 6.07 Å². The lowest BCUT2D eigenvalue weighted by atomic mass is 9.98. The summed E-state index contributed by atoms with van der Waals surface area (Å²) in [5.41, 5.74) is 0.950. The smallest absolute Gasteiger partial charge is 0.311 e. The maximum absolute atomic E-state index is 12.4. The number of hydrogen-bond acceptors (Lipinski definition) is 6. The van der Waals surface area contributed by atoms with Gasteiger partial charge in [-0.3, -0.25) is 14.4 Å². The van der Waals surface area contributed by atoms with Crippen LogP contribution in [-0.4, -0.2) is 63.1 Å². The standard InChI is InChI=1S/C20H28N2O6/c1-4-28-20(25)15-6-5-11-22(13-15)19(24)18(23)21-10-9-14-7-8-16(26-2)17(12-14)27-3/h7-8,12,15H,4-6,9-11,13H2,1-3H3,(H,21,23). The summed E-state index contributed by atoms with van der Waals surface area (Å²) in [7, 11) is 3.13. The Morgan fingerprint density at radius 1 is 1.18 bits per heavy atom. The van der Waals surface area contributed by atoms with E-state index in [1.54, 1.807) is 27.2 Å². The summed E-state index contributed by atoms with van der Waals surface area (Å²) in [5, 5.41) is 2.65. The first-order chi connectivity index (χ1) is 13.5. The van der Waals surface area contributed by atoms with Gasteiger partial charge in [0.05, 0.1) is 26.7 Å². The third kappa shape index (κ3) is 5.61. The molecule has 1 aliphatic heterocycles. The van der Waals surface area contributed by atoms with E-state index in [2.05, 4.69) is 5.32 Å². The largest absolute Gasteiger partial charge is 0.493 e. The Labute approximate surface area is 165 Å². The molecule has 8 heteroatoms. The van der Waals surface area contributed by atoms with Crippen LogP contribution < -0.4 is 14.8 Å². The first-order valence-corrected chi connectivity index (χ1v) is 9.44. The zero-order chi connectivity index (χ0) is 20.5. The maximum Gasteiger partial charge on any atom is 0.311 e. The molecular formula is C20H28N2O6. The van der Waals surface area contributed by atoms with Crippen LogP contribution in [0.1, 0.15) is 25.3 Å². The Kier molecular flexibility index (Phi) is 8.10. The SMILES string of the molecule is CCOC(=O)C1CCCN(C(=O)C(=O)NCCc2ccc(OC)c(OC)c2)C1. The Bertz CT molecular complexity index is 706. The molecule has 1 heterocycles. The van der Waals surface area contributed by atoms with Crippen molar-refractivity contribution in [2.45, 2.75) is 26.2 Å². The summed E-state index contributed by atoms with van der Waals surface area (Å²) in [6.07, 6.45) is 1.89. The van der Waals surface area contributed by atoms with Crippen molar-refractivity contribution in [1.82, 2.24) is 10.2 Å². The number of methoxy groups -OCH3 is 2. The molecule has 1 saturated heterocycles. The van der Waals surface area contributed by atoms with Crippen molar-refractivity contribution in [2.75, 3.05) is 40.5 Å². The second kappa shape index (κ2) is 10.5. The molecular weight excluding hydrogens is 364 g/mol. The maximum atomic E-state index is 12.4. The van der Waals surface area contributed by atoms with Crippen molar-refractivity contribution in [2.24, 2.45) is 5.92 Å². The first-order valence-electron chi connectivity index (χ1n) is 9.44. The minimum Gasteiger partial charge on any atom is -0.493 e. The first kappa shape index (κ1) is 21.5. The number of carbonyl (C=O) groups is 3. The zero-order valence-corrected chi connectivity index (χ0v) is 16.7. The highest BCUT2D eigenvalue weighted by atomic mass is 16.5. The minimum absolute atomic E-state index is 0.223. The van der Waals surface area contributed by atoms with Gasteiger partial charge in [0.1, 0.15) is 0 Å². The van der Waals surface area contributed by atoms with E-state index >= 15 is 0 Å². The molecule has 1 aliphatic rings. The van der Waals surface area contributed by atoms with Crippen LogP contribution in [-0.2, 0) is 25.5 Å². The molecule has 28 heavy (non-hydrogen) atoms. The summed E-state index contributed by atoms with van der Waals surface area (Å²) >= 11 is 0. The number of nitrogens with one attached hydrogen (secondary N) is 1. The van der Waals surface area contributed by atoms with Crippen molar-refractivity contribution in [3.8, 4) is 11.5 Å². The number of esters is 1. The molecule has 2 amide bonds. The van der Waals surface area contributed by atoms with Crippen molar-refractivity contribution >= 4 is 17.8 Å². The molecule has 1 aromatic rings. The summed E-state index contributed by atoms with van der Waals surface area (Å²) in [6.45, 7) is 3.06. The van der Waals surface area contributed by atoms with Gasteiger partial charge in [-0.05, 0) is 43.9 Å². The van der Waals surface area contributed by atoms with E-state index in [1.165, 1.54) is 4.90 Å². The highest BCUT2D eigenvalue weighted by Crippen LogP contribution is 2.27. The number of piperidine rings is 1. The highest BCUT2D eigenvalue weighted by Gasteiger charge is 2.31. The molecule has 0 aromatic heterocycles. The fraction of sp³-hybridized carbons (Fsp3) is 0.550. The Hall–Kier alpha value is -2.77. The van der Waals surface area contributed by atoms with Crippen LogP contribution in [0.5, 0.6) is 11.5 Å². The number of likely N-dealkylation sites (tertiary alicyclic amines) is 1. The topological polar surface area (TPSA) is 94.2 Å². The predicted octanol–water partition coefficient (Wildman–Crippen LogP) is 1.16. The number of amides is 2. The molecule has 0 radical (unpaired) electrons. The molecule has 8 nitrogen and oxygen atoms in total. The van der Waals surface area contributed by atoms with E-state index < -0.39 is 11.8 Å². The van der Waals surface area contributed by atoms with Crippen LogP contribution in [0.3, 0.4) is 0 Å². The lowest BCUT2D eigenvalue weighted by Gasteiger charge is -2.31. The van der Waals surface area contributed by atoms with Gasteiger partial charge < -0.3 is 24.4 Å². The molecule has 1 atom stereocenters. The van der Waals surface area contributed by atoms with Gasteiger partial charge in [0.25, 0.3) is 0 Å². The molecule has 0 aliphatic carbocycles. The van der Waals surface area contributed by atoms with Gasteiger partial charge in [-0.25, -0.2) is 0 Å². The molecule has 1 fully saturated rings. The Balaban J connectivity index is 1.84. The Morgan fingerprint density at radius 2 is 1.93 bits per heavy atom. The van der Waals surface area contributed by atoms with E-state index in [0.717, 1.165) is 5.56 Å². The molecule has 2 rings (SSSR count). The lowest BCUT2D eigenvalue weighted by Crippen LogP contribution is -2.49. The molecule has 1 N–H and O–H groups in total. The summed E-state index contributed by atoms with van der Waals surface area (Å²) < 4.78 is 15.5. The number of carbonyl (C=O) groups excluding carboxylic acids is 3. The van der Waals surface area contributed by atoms with Gasteiger partial charge >= 0.3 is 17.8 Å². The minimum atomic E-state index is -0.662. The van der Waals surface area contributed by atoms with E-state index in [-0.39, 0.29) is 18.4 Å². The molecule has 0 spiro atoms. The van der Waals surface area contributed by atoms with Crippen LogP contribution in [0.15, 0.2) is 18.2 Å². The molecule has 0 saturated carbocycles. The molecule has 0 bridgehead atoms. The Morgan fingerprint density at radius 3 is 2.61 bits per heavy atom. The van der Waals surface area contributed by atoms with E-state index in [9.17, 15) is 14.4 Å². The van der Waals surface area contributed by atoms with Gasteiger partial charge in [0, 0.05) is 19.6 Å². The third-order valence-corrected chi connectivity index (χ3v) is 4.67. The number of ether oxygens (including phenoxy) is 3. The van der Waals surface area contributed by atoms with E-state index in [4.69, 9.17) is 14.2 Å². The zero-order valence-electron chi connectivity index (χ0n) is 16.7. The van der Waals surface area contributed by atoms with Crippen LogP contribution in [0, 0.1) is 5.92 Å². The fourth-order valence-electron chi connectivity index (χ4n) is 3.19. The average Bonchev–Trinajstić information content (AvgIpc) is 2.73. The quantitative estimate of drug-likeness (QED) is 0.553. The average molecular weight is 392 g/mol. The van der Waals surface area contributed by atoms with Crippen LogP contribution in [0.2, 0.25) is 0 Å². The van der Waals surface area contributed by atoms with E-state index in [1.807, 2.05) is 12.1 Å². The number of rotatable bonds is 7. The molecule has 1 unspecified atom stereocenters. The fourth-order valence-corrected chi connectivity index (χ4v) is 3.19. The molecule has 1 aromatic carbocycles. The van der Waals surface area contributed by atoms with Gasteiger partial charge in [-0.15, -0.1) is 0 Å². The second-order valence-corrected chi connectivity index (χ2v) is 6.54. The number of hydrogen-bond donors (Lipinski definition) is 1. The summed E-state index contributed by atoms with van der Waals surface area (Å²) in [4.78, 5) is 37.9. The monoisotopic (exact) mass is 392 g/mol. The van der Waals surface area contributed by atoms with Crippen LogP contribution in [0.4, 0.5) is 0 Å².